The monoisotopic (exact) mass is 260 g/mol. The summed E-state index contributed by atoms with van der Waals surface area (Å²) < 4.78 is 0. The highest BCUT2D eigenvalue weighted by molar-refractivity contribution is 4.93. The summed E-state index contributed by atoms with van der Waals surface area (Å²) in [5.41, 5.74) is 0. The van der Waals surface area contributed by atoms with Gasteiger partial charge in [-0.3, -0.25) is 0 Å². The molecule has 0 amide bonds. The number of fused-ring (bicyclic) bond motifs is 1. The molecule has 0 saturated heterocycles. The van der Waals surface area contributed by atoms with Gasteiger partial charge in [0, 0.05) is 0 Å². The third-order valence-corrected chi connectivity index (χ3v) is 6.75. The molecule has 3 aliphatic carbocycles. The van der Waals surface area contributed by atoms with Crippen molar-refractivity contribution in [2.24, 2.45) is 35.5 Å². The summed E-state index contributed by atoms with van der Waals surface area (Å²) in [6.45, 7) is 6.47. The van der Waals surface area contributed by atoms with Crippen LogP contribution < -0.4 is 0 Å². The van der Waals surface area contributed by atoms with Gasteiger partial charge in [0.2, 0.25) is 0 Å². The minimum absolute atomic E-state index is 0.841. The molecular weight excluding hydrogens is 228 g/mol. The van der Waals surface area contributed by atoms with Gasteiger partial charge in [-0.25, -0.2) is 0 Å². The van der Waals surface area contributed by atoms with E-state index >= 15 is 0 Å². The van der Waals surface area contributed by atoms with Crippen molar-refractivity contribution in [2.75, 3.05) is 0 Å². The fraction of sp³-hybridized carbons (Fsp3) is 0.895. The lowest BCUT2D eigenvalue weighted by molar-refractivity contribution is 0.0691. The second-order valence-electron chi connectivity index (χ2n) is 7.92. The lowest BCUT2D eigenvalue weighted by Gasteiger charge is -2.45. The third-order valence-electron chi connectivity index (χ3n) is 6.75. The largest absolute Gasteiger partial charge is 0.103 e. The van der Waals surface area contributed by atoms with Crippen LogP contribution in [0.1, 0.15) is 71.1 Å². The summed E-state index contributed by atoms with van der Waals surface area (Å²) in [6.07, 6.45) is 17.4. The molecule has 0 spiro atoms. The van der Waals surface area contributed by atoms with Crippen LogP contribution in [0.5, 0.6) is 0 Å². The molecule has 0 aromatic heterocycles. The SMILES string of the molecule is C=CC1CCC2CC(C3CCC(C)CC3)CCC2C1. The van der Waals surface area contributed by atoms with Gasteiger partial charge < -0.3 is 0 Å². The van der Waals surface area contributed by atoms with Gasteiger partial charge in [-0.15, -0.1) is 6.58 Å². The zero-order valence-electron chi connectivity index (χ0n) is 12.8. The maximum Gasteiger partial charge on any atom is -0.0233 e. The second-order valence-corrected chi connectivity index (χ2v) is 7.92. The Hall–Kier alpha value is -0.260. The molecule has 19 heavy (non-hydrogen) atoms. The van der Waals surface area contributed by atoms with Crippen molar-refractivity contribution in [1.29, 1.82) is 0 Å². The Morgan fingerprint density at radius 3 is 1.89 bits per heavy atom. The summed E-state index contributed by atoms with van der Waals surface area (Å²) in [7, 11) is 0. The Morgan fingerprint density at radius 2 is 1.21 bits per heavy atom. The first-order chi connectivity index (χ1) is 9.26. The highest BCUT2D eigenvalue weighted by Gasteiger charge is 2.37. The van der Waals surface area contributed by atoms with E-state index in [4.69, 9.17) is 0 Å². The molecule has 0 heterocycles. The molecule has 4 unspecified atom stereocenters. The van der Waals surface area contributed by atoms with Crippen molar-refractivity contribution >= 4 is 0 Å². The first-order valence-electron chi connectivity index (χ1n) is 8.88. The topological polar surface area (TPSA) is 0 Å². The first kappa shape index (κ1) is 13.7. The van der Waals surface area contributed by atoms with Crippen LogP contribution in [0.25, 0.3) is 0 Å². The van der Waals surface area contributed by atoms with Crippen molar-refractivity contribution in [2.45, 2.75) is 71.1 Å². The van der Waals surface area contributed by atoms with E-state index in [-0.39, 0.29) is 0 Å². The maximum absolute atomic E-state index is 4.02. The molecule has 0 nitrogen and oxygen atoms in total. The van der Waals surface area contributed by atoms with Crippen molar-refractivity contribution in [3.63, 3.8) is 0 Å². The predicted molar refractivity (Wildman–Crippen MR) is 83.0 cm³/mol. The summed E-state index contributed by atoms with van der Waals surface area (Å²) in [5.74, 6) is 6.16. The highest BCUT2D eigenvalue weighted by atomic mass is 14.4. The molecule has 0 aliphatic heterocycles. The van der Waals surface area contributed by atoms with Crippen LogP contribution in [0.2, 0.25) is 0 Å². The van der Waals surface area contributed by atoms with Crippen LogP contribution in [0.4, 0.5) is 0 Å². The van der Waals surface area contributed by atoms with Crippen LogP contribution in [-0.2, 0) is 0 Å². The van der Waals surface area contributed by atoms with Gasteiger partial charge in [-0.2, -0.15) is 0 Å². The lowest BCUT2D eigenvalue weighted by atomic mass is 9.61. The Balaban J connectivity index is 1.53. The van der Waals surface area contributed by atoms with Crippen molar-refractivity contribution < 1.29 is 0 Å². The molecule has 0 heteroatoms. The molecule has 4 atom stereocenters. The quantitative estimate of drug-likeness (QED) is 0.548. The molecule has 0 N–H and O–H groups in total. The van der Waals surface area contributed by atoms with Gasteiger partial charge in [0.25, 0.3) is 0 Å². The molecule has 3 fully saturated rings. The smallest absolute Gasteiger partial charge is 0.0233 e. The van der Waals surface area contributed by atoms with E-state index in [0.29, 0.717) is 0 Å². The molecule has 3 aliphatic rings. The number of rotatable bonds is 2. The van der Waals surface area contributed by atoms with Crippen LogP contribution in [0.15, 0.2) is 12.7 Å². The van der Waals surface area contributed by atoms with E-state index in [1.54, 1.807) is 25.7 Å². The minimum atomic E-state index is 0.841. The van der Waals surface area contributed by atoms with Gasteiger partial charge in [-0.05, 0) is 86.9 Å². The first-order valence-corrected chi connectivity index (χ1v) is 8.88. The normalized spacial score (nSPS) is 47.4. The van der Waals surface area contributed by atoms with E-state index in [1.807, 2.05) is 0 Å². The van der Waals surface area contributed by atoms with Crippen LogP contribution >= 0.6 is 0 Å². The number of hydrogen-bond acceptors (Lipinski definition) is 0. The van der Waals surface area contributed by atoms with Crippen LogP contribution in [-0.4, -0.2) is 0 Å². The van der Waals surface area contributed by atoms with Gasteiger partial charge in [0.05, 0.1) is 0 Å². The zero-order valence-corrected chi connectivity index (χ0v) is 12.8. The van der Waals surface area contributed by atoms with Crippen LogP contribution in [0.3, 0.4) is 0 Å². The van der Waals surface area contributed by atoms with Gasteiger partial charge >= 0.3 is 0 Å². The Kier molecular flexibility index (Phi) is 4.34. The average Bonchev–Trinajstić information content (AvgIpc) is 2.47. The van der Waals surface area contributed by atoms with Gasteiger partial charge in [-0.1, -0.05) is 25.8 Å². The molecule has 3 saturated carbocycles. The molecule has 0 radical (unpaired) electrons. The molecular formula is C19H32. The van der Waals surface area contributed by atoms with Crippen molar-refractivity contribution in [1.82, 2.24) is 0 Å². The molecule has 0 aromatic carbocycles. The number of allylic oxidation sites excluding steroid dienone is 1. The standard InChI is InChI=1S/C19H32/c1-3-15-6-9-19-13-18(11-10-17(19)12-15)16-7-4-14(2)5-8-16/h3,14-19H,1,4-13H2,2H3. The van der Waals surface area contributed by atoms with E-state index in [2.05, 4.69) is 19.6 Å². The highest BCUT2D eigenvalue weighted by Crippen LogP contribution is 2.49. The average molecular weight is 260 g/mol. The lowest BCUT2D eigenvalue weighted by Crippen LogP contribution is -2.34. The third kappa shape index (κ3) is 3.09. The Morgan fingerprint density at radius 1 is 0.684 bits per heavy atom. The molecule has 0 aromatic rings. The van der Waals surface area contributed by atoms with E-state index in [1.165, 1.54) is 38.5 Å². The van der Waals surface area contributed by atoms with Crippen LogP contribution in [0, 0.1) is 35.5 Å². The van der Waals surface area contributed by atoms with E-state index in [0.717, 1.165) is 35.5 Å². The van der Waals surface area contributed by atoms with Crippen molar-refractivity contribution in [3.05, 3.63) is 12.7 Å². The summed E-state index contributed by atoms with van der Waals surface area (Å²) >= 11 is 0. The molecule has 3 rings (SSSR count). The second kappa shape index (κ2) is 6.02. The number of hydrogen-bond donors (Lipinski definition) is 0. The van der Waals surface area contributed by atoms with E-state index in [9.17, 15) is 0 Å². The Labute approximate surface area is 120 Å². The fourth-order valence-electron chi connectivity index (χ4n) is 5.36. The van der Waals surface area contributed by atoms with E-state index < -0.39 is 0 Å². The summed E-state index contributed by atoms with van der Waals surface area (Å²) in [4.78, 5) is 0. The minimum Gasteiger partial charge on any atom is -0.103 e. The van der Waals surface area contributed by atoms with Crippen molar-refractivity contribution in [3.8, 4) is 0 Å². The predicted octanol–water partition coefficient (Wildman–Crippen LogP) is 5.83. The molecule has 108 valence electrons. The summed E-state index contributed by atoms with van der Waals surface area (Å²) in [5, 5.41) is 0. The van der Waals surface area contributed by atoms with Gasteiger partial charge in [0.15, 0.2) is 0 Å². The zero-order chi connectivity index (χ0) is 13.2. The van der Waals surface area contributed by atoms with Gasteiger partial charge in [0.1, 0.15) is 0 Å². The summed E-state index contributed by atoms with van der Waals surface area (Å²) in [6, 6.07) is 0. The Bertz CT molecular complexity index is 297. The molecule has 0 bridgehead atoms. The maximum atomic E-state index is 4.02. The fourth-order valence-corrected chi connectivity index (χ4v) is 5.36.